The number of aryl methyl sites for hydroxylation is 1. The topological polar surface area (TPSA) is 60.8 Å². The Morgan fingerprint density at radius 3 is 2.24 bits per heavy atom. The monoisotopic (exact) mass is 514 g/mol. The molecule has 0 radical (unpaired) electrons. The van der Waals surface area contributed by atoms with Crippen LogP contribution in [0.1, 0.15) is 34.7 Å². The molecule has 0 aliphatic carbocycles. The number of aromatic nitrogens is 2. The van der Waals surface area contributed by atoms with Gasteiger partial charge in [0, 0.05) is 29.3 Å². The largest absolute Gasteiger partial charge is 0.497 e. The fourth-order valence-electron chi connectivity index (χ4n) is 5.13. The van der Waals surface area contributed by atoms with Crippen LogP contribution in [-0.2, 0) is 0 Å². The Labute approximate surface area is 222 Å². The van der Waals surface area contributed by atoms with Crippen molar-refractivity contribution in [2.75, 3.05) is 26.2 Å². The van der Waals surface area contributed by atoms with Crippen molar-refractivity contribution in [3.8, 4) is 22.9 Å². The van der Waals surface area contributed by atoms with Crippen LogP contribution in [0.15, 0.2) is 72.9 Å². The molecule has 0 amide bonds. The molecule has 1 N–H and O–H groups in total. The smallest absolute Gasteiger partial charge is 0.174 e. The van der Waals surface area contributed by atoms with Gasteiger partial charge < -0.3 is 29.0 Å². The summed E-state index contributed by atoms with van der Waals surface area (Å²) in [5.74, 6) is 2.22. The molecule has 0 unspecified atom stereocenters. The molecule has 1 aliphatic heterocycles. The molecular formula is C29H30N4O3S. The quantitative estimate of drug-likeness (QED) is 0.318. The second-order valence-electron chi connectivity index (χ2n) is 8.89. The predicted octanol–water partition coefficient (Wildman–Crippen LogP) is 5.69. The lowest BCUT2D eigenvalue weighted by molar-refractivity contribution is 0.394. The summed E-state index contributed by atoms with van der Waals surface area (Å²) in [5.41, 5.74) is 6.24. The highest BCUT2D eigenvalue weighted by Gasteiger charge is 2.43. The molecule has 1 fully saturated rings. The van der Waals surface area contributed by atoms with E-state index in [1.54, 1.807) is 21.3 Å². The highest BCUT2D eigenvalue weighted by atomic mass is 32.1. The van der Waals surface area contributed by atoms with Gasteiger partial charge in [-0.05, 0) is 86.2 Å². The lowest BCUT2D eigenvalue weighted by Gasteiger charge is -2.29. The Kier molecular flexibility index (Phi) is 6.76. The van der Waals surface area contributed by atoms with Crippen LogP contribution in [0.2, 0.25) is 0 Å². The summed E-state index contributed by atoms with van der Waals surface area (Å²) in [5, 5.41) is 4.15. The van der Waals surface area contributed by atoms with Gasteiger partial charge in [0.15, 0.2) is 5.11 Å². The number of methoxy groups -OCH3 is 3. The van der Waals surface area contributed by atoms with Crippen LogP contribution < -0.4 is 24.4 Å². The second kappa shape index (κ2) is 10.1. The zero-order valence-electron chi connectivity index (χ0n) is 21.6. The Morgan fingerprint density at radius 1 is 0.865 bits per heavy atom. The van der Waals surface area contributed by atoms with Crippen molar-refractivity contribution in [1.29, 1.82) is 0 Å². The van der Waals surface area contributed by atoms with E-state index in [0.29, 0.717) is 16.6 Å². The van der Waals surface area contributed by atoms with Crippen LogP contribution in [0.25, 0.3) is 5.69 Å². The molecule has 3 heterocycles. The molecule has 190 valence electrons. The Bertz CT molecular complexity index is 1420. The lowest BCUT2D eigenvalue weighted by atomic mass is 9.96. The molecule has 1 saturated heterocycles. The van der Waals surface area contributed by atoms with E-state index in [9.17, 15) is 0 Å². The molecule has 0 spiro atoms. The van der Waals surface area contributed by atoms with Crippen molar-refractivity contribution in [2.45, 2.75) is 25.9 Å². The lowest BCUT2D eigenvalue weighted by Crippen LogP contribution is -2.30. The van der Waals surface area contributed by atoms with E-state index in [2.05, 4.69) is 51.8 Å². The van der Waals surface area contributed by atoms with Crippen molar-refractivity contribution >= 4 is 23.0 Å². The van der Waals surface area contributed by atoms with Gasteiger partial charge in [-0.3, -0.25) is 4.98 Å². The van der Waals surface area contributed by atoms with E-state index >= 15 is 0 Å². The van der Waals surface area contributed by atoms with Crippen LogP contribution in [0.5, 0.6) is 17.2 Å². The number of ether oxygens (including phenoxy) is 3. The summed E-state index contributed by atoms with van der Waals surface area (Å²) in [4.78, 5) is 6.82. The number of rotatable bonds is 7. The SMILES string of the molecule is COc1ccc(-n2c(C)cc([C@H]3[C@@H](c4ccccn4)NC(=S)N3c3ccc(OC)cc3OC)c2C)cc1. The predicted molar refractivity (Wildman–Crippen MR) is 149 cm³/mol. The van der Waals surface area contributed by atoms with Crippen molar-refractivity contribution in [3.63, 3.8) is 0 Å². The van der Waals surface area contributed by atoms with Gasteiger partial charge in [0.2, 0.25) is 0 Å². The minimum absolute atomic E-state index is 0.162. The van der Waals surface area contributed by atoms with E-state index in [0.717, 1.165) is 39.8 Å². The number of nitrogens with one attached hydrogen (secondary N) is 1. The minimum atomic E-state index is -0.164. The van der Waals surface area contributed by atoms with Crippen LogP contribution in [0, 0.1) is 13.8 Å². The van der Waals surface area contributed by atoms with Gasteiger partial charge in [-0.25, -0.2) is 0 Å². The molecule has 2 aromatic carbocycles. The van der Waals surface area contributed by atoms with E-state index in [1.807, 2.05) is 54.7 Å². The first kappa shape index (κ1) is 24.6. The molecule has 4 aromatic rings. The summed E-state index contributed by atoms with van der Waals surface area (Å²) in [6.45, 7) is 4.27. The van der Waals surface area contributed by atoms with Gasteiger partial charge in [-0.1, -0.05) is 6.07 Å². The molecule has 0 bridgehead atoms. The highest BCUT2D eigenvalue weighted by molar-refractivity contribution is 7.80. The Hall–Kier alpha value is -4.04. The van der Waals surface area contributed by atoms with Gasteiger partial charge in [0.1, 0.15) is 17.2 Å². The fourth-order valence-corrected chi connectivity index (χ4v) is 5.47. The van der Waals surface area contributed by atoms with Gasteiger partial charge in [0.25, 0.3) is 0 Å². The second-order valence-corrected chi connectivity index (χ2v) is 9.28. The molecule has 2 atom stereocenters. The highest BCUT2D eigenvalue weighted by Crippen LogP contribution is 2.46. The normalized spacial score (nSPS) is 17.0. The molecule has 7 nitrogen and oxygen atoms in total. The molecule has 8 heteroatoms. The maximum absolute atomic E-state index is 5.93. The maximum Gasteiger partial charge on any atom is 0.174 e. The number of anilines is 1. The number of hydrogen-bond acceptors (Lipinski definition) is 5. The van der Waals surface area contributed by atoms with Crippen molar-refractivity contribution in [2.24, 2.45) is 0 Å². The molecule has 1 aliphatic rings. The zero-order valence-corrected chi connectivity index (χ0v) is 22.4. The van der Waals surface area contributed by atoms with E-state index in [4.69, 9.17) is 26.4 Å². The third-order valence-electron chi connectivity index (χ3n) is 6.86. The number of benzene rings is 2. The molecule has 2 aromatic heterocycles. The first-order valence-electron chi connectivity index (χ1n) is 12.0. The van der Waals surface area contributed by atoms with Gasteiger partial charge in [-0.2, -0.15) is 0 Å². The van der Waals surface area contributed by atoms with Gasteiger partial charge in [-0.15, -0.1) is 0 Å². The van der Waals surface area contributed by atoms with E-state index in [-0.39, 0.29) is 12.1 Å². The van der Waals surface area contributed by atoms with Crippen LogP contribution in [-0.4, -0.2) is 36.0 Å². The van der Waals surface area contributed by atoms with Crippen molar-refractivity contribution in [1.82, 2.24) is 14.9 Å². The molecule has 0 saturated carbocycles. The summed E-state index contributed by atoms with van der Waals surface area (Å²) >= 11 is 5.93. The first-order chi connectivity index (χ1) is 18.0. The van der Waals surface area contributed by atoms with E-state index < -0.39 is 0 Å². The van der Waals surface area contributed by atoms with Crippen LogP contribution in [0.4, 0.5) is 5.69 Å². The molecule has 37 heavy (non-hydrogen) atoms. The third kappa shape index (κ3) is 4.38. The molecule has 5 rings (SSSR count). The maximum atomic E-state index is 5.93. The summed E-state index contributed by atoms with van der Waals surface area (Å²) < 4.78 is 18.8. The van der Waals surface area contributed by atoms with Gasteiger partial charge in [0.05, 0.1) is 44.8 Å². The Balaban J connectivity index is 1.68. The number of thiocarbonyl (C=S) groups is 1. The fraction of sp³-hybridized carbons (Fsp3) is 0.241. The number of pyridine rings is 1. The van der Waals surface area contributed by atoms with Gasteiger partial charge >= 0.3 is 0 Å². The van der Waals surface area contributed by atoms with E-state index in [1.165, 1.54) is 0 Å². The standard InChI is InChI=1S/C29H30N4O3S/c1-18-16-23(19(2)32(18)20-9-11-21(34-3)12-10-20)28-27(24-8-6-7-15-30-24)31-29(37)33(28)25-14-13-22(35-4)17-26(25)36-5/h6-17,27-28H,1-5H3,(H,31,37)/t27-,28+/m1/s1. The van der Waals surface area contributed by atoms with Crippen LogP contribution in [0.3, 0.4) is 0 Å². The summed E-state index contributed by atoms with van der Waals surface area (Å²) in [7, 11) is 4.98. The average Bonchev–Trinajstić information content (AvgIpc) is 3.43. The Morgan fingerprint density at radius 2 is 1.59 bits per heavy atom. The van der Waals surface area contributed by atoms with Crippen molar-refractivity contribution < 1.29 is 14.2 Å². The third-order valence-corrected chi connectivity index (χ3v) is 7.18. The summed E-state index contributed by atoms with van der Waals surface area (Å²) in [6.07, 6.45) is 1.81. The summed E-state index contributed by atoms with van der Waals surface area (Å²) in [6, 6.07) is 21.8. The zero-order chi connectivity index (χ0) is 26.1. The average molecular weight is 515 g/mol. The number of nitrogens with zero attached hydrogens (tertiary/aromatic N) is 3. The van der Waals surface area contributed by atoms with Crippen molar-refractivity contribution in [3.05, 3.63) is 95.6 Å². The number of hydrogen-bond donors (Lipinski definition) is 1. The molecular weight excluding hydrogens is 484 g/mol. The van der Waals surface area contributed by atoms with Crippen LogP contribution >= 0.6 is 12.2 Å². The first-order valence-corrected chi connectivity index (χ1v) is 12.4. The minimum Gasteiger partial charge on any atom is -0.497 e.